The molecular weight excluding hydrogens is 367 g/mol. The fourth-order valence-corrected chi connectivity index (χ4v) is 4.67. The highest BCUT2D eigenvalue weighted by molar-refractivity contribution is 7.89. The molecule has 3 rings (SSSR count). The summed E-state index contributed by atoms with van der Waals surface area (Å²) in [5, 5.41) is 6.57. The summed E-state index contributed by atoms with van der Waals surface area (Å²) in [6.45, 7) is 3.28. The van der Waals surface area contributed by atoms with Gasteiger partial charge in [-0.2, -0.15) is 0 Å². The Bertz CT molecular complexity index is 913. The van der Waals surface area contributed by atoms with E-state index in [0.29, 0.717) is 28.7 Å². The molecule has 2 aromatic rings. The van der Waals surface area contributed by atoms with Crippen LogP contribution in [0.4, 0.5) is 0 Å². The fourth-order valence-electron chi connectivity index (χ4n) is 3.31. The van der Waals surface area contributed by atoms with Gasteiger partial charge in [-0.3, -0.25) is 0 Å². The Morgan fingerprint density at radius 2 is 1.88 bits per heavy atom. The fraction of sp³-hybridized carbons (Fsp3) is 0.294. The van der Waals surface area contributed by atoms with Crippen molar-refractivity contribution in [2.24, 2.45) is 5.14 Å². The van der Waals surface area contributed by atoms with Crippen molar-refractivity contribution in [1.29, 1.82) is 0 Å². The third-order valence-electron chi connectivity index (χ3n) is 4.34. The molecule has 1 aliphatic rings. The van der Waals surface area contributed by atoms with Crippen molar-refractivity contribution in [1.82, 2.24) is 4.90 Å². The lowest BCUT2D eigenvalue weighted by Gasteiger charge is -2.34. The van der Waals surface area contributed by atoms with E-state index in [-0.39, 0.29) is 10.8 Å². The van der Waals surface area contributed by atoms with Crippen LogP contribution in [0.2, 0.25) is 10.0 Å². The molecule has 0 saturated heterocycles. The Labute approximate surface area is 152 Å². The maximum atomic E-state index is 12.0. The number of rotatable bonds is 2. The van der Waals surface area contributed by atoms with Crippen molar-refractivity contribution in [3.05, 3.63) is 62.6 Å². The number of hydrogen-bond acceptors (Lipinski definition) is 3. The molecule has 4 nitrogen and oxygen atoms in total. The van der Waals surface area contributed by atoms with Crippen LogP contribution >= 0.6 is 23.2 Å². The molecule has 0 spiro atoms. The monoisotopic (exact) mass is 384 g/mol. The summed E-state index contributed by atoms with van der Waals surface area (Å²) in [4.78, 5) is 2.26. The second kappa shape index (κ2) is 6.32. The Hall–Kier alpha value is -1.11. The van der Waals surface area contributed by atoms with Crippen molar-refractivity contribution in [2.45, 2.75) is 24.3 Å². The van der Waals surface area contributed by atoms with Crippen molar-refractivity contribution in [2.75, 3.05) is 13.6 Å². The molecule has 0 bridgehead atoms. The standard InChI is InChI=1S/C17H18Cl2N2O2S/c1-10-3-4-17(24(20,22)23)13(5-10)14-8-21(2)9-15-12(14)6-11(18)7-16(15)19/h3-7,14H,8-9H2,1-2H3,(H2,20,22,23). The maximum Gasteiger partial charge on any atom is 0.238 e. The third kappa shape index (κ3) is 3.32. The first-order valence-corrected chi connectivity index (χ1v) is 9.76. The van der Waals surface area contributed by atoms with E-state index in [1.54, 1.807) is 18.2 Å². The van der Waals surface area contributed by atoms with Crippen LogP contribution in [0, 0.1) is 6.92 Å². The lowest BCUT2D eigenvalue weighted by Crippen LogP contribution is -2.32. The Morgan fingerprint density at radius 3 is 2.54 bits per heavy atom. The van der Waals surface area contributed by atoms with Gasteiger partial charge in [0.25, 0.3) is 0 Å². The van der Waals surface area contributed by atoms with Crippen LogP contribution in [-0.2, 0) is 16.6 Å². The molecule has 2 aromatic carbocycles. The molecule has 0 fully saturated rings. The molecule has 0 radical (unpaired) electrons. The van der Waals surface area contributed by atoms with Crippen molar-refractivity contribution in [3.63, 3.8) is 0 Å². The minimum Gasteiger partial charge on any atom is -0.301 e. The van der Waals surface area contributed by atoms with E-state index in [9.17, 15) is 8.42 Å². The molecule has 1 aliphatic heterocycles. The SMILES string of the molecule is Cc1ccc(S(N)(=O)=O)c(C2CN(C)Cc3c(Cl)cc(Cl)cc32)c1. The molecule has 0 saturated carbocycles. The maximum absolute atomic E-state index is 12.0. The van der Waals surface area contributed by atoms with Gasteiger partial charge in [0.2, 0.25) is 10.0 Å². The van der Waals surface area contributed by atoms with Gasteiger partial charge in [-0.15, -0.1) is 0 Å². The van der Waals surface area contributed by atoms with Crippen LogP contribution in [-0.4, -0.2) is 26.9 Å². The second-order valence-electron chi connectivity index (χ2n) is 6.29. The van der Waals surface area contributed by atoms with Crippen molar-refractivity contribution >= 4 is 33.2 Å². The molecule has 7 heteroatoms. The number of fused-ring (bicyclic) bond motifs is 1. The van der Waals surface area contributed by atoms with Gasteiger partial charge < -0.3 is 4.90 Å². The normalized spacial score (nSPS) is 18.5. The number of benzene rings is 2. The van der Waals surface area contributed by atoms with Gasteiger partial charge >= 0.3 is 0 Å². The average Bonchev–Trinajstić information content (AvgIpc) is 2.46. The number of sulfonamides is 1. The van der Waals surface area contributed by atoms with Crippen LogP contribution in [0.1, 0.15) is 28.2 Å². The first-order valence-electron chi connectivity index (χ1n) is 7.46. The zero-order chi connectivity index (χ0) is 17.6. The van der Waals surface area contributed by atoms with E-state index >= 15 is 0 Å². The van der Waals surface area contributed by atoms with Gasteiger partial charge in [-0.05, 0) is 48.9 Å². The van der Waals surface area contributed by atoms with E-state index < -0.39 is 10.0 Å². The number of aryl methyl sites for hydroxylation is 1. The molecule has 0 aromatic heterocycles. The molecule has 1 atom stereocenters. The number of nitrogens with zero attached hydrogens (tertiary/aromatic N) is 1. The summed E-state index contributed by atoms with van der Waals surface area (Å²) < 4.78 is 24.1. The molecule has 24 heavy (non-hydrogen) atoms. The number of likely N-dealkylation sites (N-methyl/N-ethyl adjacent to an activating group) is 1. The number of halogens is 2. The van der Waals surface area contributed by atoms with Gasteiger partial charge in [-0.25, -0.2) is 13.6 Å². The smallest absolute Gasteiger partial charge is 0.238 e. The topological polar surface area (TPSA) is 63.4 Å². The van der Waals surface area contributed by atoms with Crippen LogP contribution in [0.3, 0.4) is 0 Å². The largest absolute Gasteiger partial charge is 0.301 e. The second-order valence-corrected chi connectivity index (χ2v) is 8.66. The Balaban J connectivity index is 2.27. The summed E-state index contributed by atoms with van der Waals surface area (Å²) in [6.07, 6.45) is 0. The Morgan fingerprint density at radius 1 is 1.17 bits per heavy atom. The number of primary sulfonamides is 1. The predicted molar refractivity (Wildman–Crippen MR) is 97.2 cm³/mol. The molecular formula is C17H18Cl2N2O2S. The summed E-state index contributed by atoms with van der Waals surface area (Å²) >= 11 is 12.6. The first kappa shape index (κ1) is 17.7. The highest BCUT2D eigenvalue weighted by atomic mass is 35.5. The molecule has 2 N–H and O–H groups in total. The molecule has 0 amide bonds. The lowest BCUT2D eigenvalue weighted by molar-refractivity contribution is 0.294. The Kier molecular flexibility index (Phi) is 4.66. The van der Waals surface area contributed by atoms with Gasteiger partial charge in [0, 0.05) is 29.1 Å². The zero-order valence-electron chi connectivity index (χ0n) is 13.4. The van der Waals surface area contributed by atoms with E-state index in [2.05, 4.69) is 4.90 Å². The number of nitrogens with two attached hydrogens (primary N) is 1. The summed E-state index contributed by atoms with van der Waals surface area (Å²) in [6, 6.07) is 8.79. The zero-order valence-corrected chi connectivity index (χ0v) is 15.7. The highest BCUT2D eigenvalue weighted by Crippen LogP contribution is 2.40. The van der Waals surface area contributed by atoms with Crippen molar-refractivity contribution in [3.8, 4) is 0 Å². The summed E-state index contributed by atoms with van der Waals surface area (Å²) in [5.41, 5.74) is 3.59. The number of hydrogen-bond donors (Lipinski definition) is 1. The van der Waals surface area contributed by atoms with E-state index in [4.69, 9.17) is 28.3 Å². The first-order chi connectivity index (χ1) is 11.2. The van der Waals surface area contributed by atoms with Gasteiger partial charge in [0.05, 0.1) is 4.90 Å². The van der Waals surface area contributed by atoms with E-state index in [1.165, 1.54) is 0 Å². The van der Waals surface area contributed by atoms with Crippen LogP contribution in [0.15, 0.2) is 35.2 Å². The van der Waals surface area contributed by atoms with E-state index in [0.717, 1.165) is 16.7 Å². The van der Waals surface area contributed by atoms with Gasteiger partial charge in [0.1, 0.15) is 0 Å². The predicted octanol–water partition coefficient (Wildman–Crippen LogP) is 3.53. The van der Waals surface area contributed by atoms with Crippen LogP contribution in [0.5, 0.6) is 0 Å². The summed E-state index contributed by atoms with van der Waals surface area (Å²) in [7, 11) is -1.84. The van der Waals surface area contributed by atoms with Crippen LogP contribution in [0.25, 0.3) is 0 Å². The third-order valence-corrected chi connectivity index (χ3v) is 5.88. The lowest BCUT2D eigenvalue weighted by atomic mass is 9.84. The quantitative estimate of drug-likeness (QED) is 0.860. The minimum absolute atomic E-state index is 0.149. The highest BCUT2D eigenvalue weighted by Gasteiger charge is 2.30. The summed E-state index contributed by atoms with van der Waals surface area (Å²) in [5.74, 6) is -0.164. The van der Waals surface area contributed by atoms with Gasteiger partial charge in [0.15, 0.2) is 0 Å². The molecule has 1 unspecified atom stereocenters. The van der Waals surface area contributed by atoms with Crippen molar-refractivity contribution < 1.29 is 8.42 Å². The van der Waals surface area contributed by atoms with Gasteiger partial charge in [-0.1, -0.05) is 40.9 Å². The average molecular weight is 385 g/mol. The minimum atomic E-state index is -3.82. The van der Waals surface area contributed by atoms with Crippen LogP contribution < -0.4 is 5.14 Å². The molecule has 128 valence electrons. The molecule has 1 heterocycles. The molecule has 0 aliphatic carbocycles. The van der Waals surface area contributed by atoms with E-state index in [1.807, 2.05) is 26.1 Å².